The number of ether oxygens (including phenoxy) is 1. The van der Waals surface area contributed by atoms with Crippen LogP contribution < -0.4 is 4.74 Å². The highest BCUT2D eigenvalue weighted by Gasteiger charge is 2.17. The lowest BCUT2D eigenvalue weighted by Gasteiger charge is -2.12. The summed E-state index contributed by atoms with van der Waals surface area (Å²) in [7, 11) is -7.25. The predicted octanol–water partition coefficient (Wildman–Crippen LogP) is 4.78. The van der Waals surface area contributed by atoms with Crippen molar-refractivity contribution < 1.29 is 30.4 Å². The lowest BCUT2D eigenvalue weighted by molar-refractivity contribution is 0.472. The Hall–Kier alpha value is -3.37. The molecule has 0 unspecified atom stereocenters. The second-order valence-electron chi connectivity index (χ2n) is 7.42. The number of sulfone groups is 2. The van der Waals surface area contributed by atoms with Gasteiger partial charge in [0, 0.05) is 35.7 Å². The number of rotatable bonds is 5. The molecule has 170 valence electrons. The van der Waals surface area contributed by atoms with Gasteiger partial charge in [-0.3, -0.25) is 4.98 Å². The average molecular weight is 490 g/mol. The molecular weight excluding hydrogens is 472 g/mol. The fourth-order valence-corrected chi connectivity index (χ4v) is 4.90. The zero-order valence-corrected chi connectivity index (χ0v) is 19.0. The zero-order valence-electron chi connectivity index (χ0n) is 17.4. The number of aromatic nitrogens is 1. The van der Waals surface area contributed by atoms with Crippen molar-refractivity contribution in [2.24, 2.45) is 0 Å². The fourth-order valence-electron chi connectivity index (χ4n) is 3.40. The second kappa shape index (κ2) is 8.20. The van der Waals surface area contributed by atoms with Crippen molar-refractivity contribution in [3.63, 3.8) is 0 Å². The molecule has 4 aromatic rings. The van der Waals surface area contributed by atoms with Gasteiger partial charge in [0.05, 0.1) is 15.3 Å². The van der Waals surface area contributed by atoms with Gasteiger partial charge in [-0.15, -0.1) is 0 Å². The minimum absolute atomic E-state index is 0.0164. The van der Waals surface area contributed by atoms with E-state index >= 15 is 0 Å². The van der Waals surface area contributed by atoms with Gasteiger partial charge in [0.25, 0.3) is 0 Å². The highest BCUT2D eigenvalue weighted by atomic mass is 32.2. The number of benzene rings is 3. The number of hydrogen-bond donors (Lipinski definition) is 0. The van der Waals surface area contributed by atoms with Crippen LogP contribution >= 0.6 is 0 Å². The van der Waals surface area contributed by atoms with Crippen LogP contribution in [0.5, 0.6) is 11.5 Å². The van der Waals surface area contributed by atoms with E-state index in [0.717, 1.165) is 30.7 Å². The van der Waals surface area contributed by atoms with Crippen LogP contribution in [0, 0.1) is 11.6 Å². The fraction of sp³-hybridized carbons (Fsp3) is 0.0870. The molecule has 0 fully saturated rings. The van der Waals surface area contributed by atoms with Crippen molar-refractivity contribution >= 4 is 30.6 Å². The molecule has 0 N–H and O–H groups in total. The van der Waals surface area contributed by atoms with Crippen molar-refractivity contribution in [1.29, 1.82) is 0 Å². The van der Waals surface area contributed by atoms with Crippen LogP contribution in [0.15, 0.2) is 76.7 Å². The SMILES string of the molecule is CS(=O)(=O)c1cc(F)cc(Oc2ccc(F)c(-c3ccnc4c(S(C)(=O)=O)cccc34)c2)c1. The molecule has 0 radical (unpaired) electrons. The van der Waals surface area contributed by atoms with E-state index in [9.17, 15) is 25.6 Å². The topological polar surface area (TPSA) is 90.4 Å². The van der Waals surface area contributed by atoms with E-state index in [2.05, 4.69) is 4.98 Å². The molecule has 0 amide bonds. The first kappa shape index (κ1) is 22.8. The summed E-state index contributed by atoms with van der Waals surface area (Å²) in [4.78, 5) is 3.92. The van der Waals surface area contributed by atoms with Crippen molar-refractivity contribution in [2.45, 2.75) is 9.79 Å². The van der Waals surface area contributed by atoms with E-state index in [4.69, 9.17) is 4.74 Å². The molecule has 33 heavy (non-hydrogen) atoms. The van der Waals surface area contributed by atoms with Gasteiger partial charge in [0.15, 0.2) is 19.7 Å². The summed E-state index contributed by atoms with van der Waals surface area (Å²) in [5.74, 6) is -1.35. The summed E-state index contributed by atoms with van der Waals surface area (Å²) in [5, 5.41) is 0.418. The molecule has 0 atom stereocenters. The summed E-state index contributed by atoms with van der Waals surface area (Å²) in [6.45, 7) is 0. The number of pyridine rings is 1. The Morgan fingerprint density at radius 1 is 0.788 bits per heavy atom. The number of fused-ring (bicyclic) bond motifs is 1. The number of nitrogens with zero attached hydrogens (tertiary/aromatic N) is 1. The summed E-state index contributed by atoms with van der Waals surface area (Å²) >= 11 is 0. The van der Waals surface area contributed by atoms with Crippen LogP contribution in [0.3, 0.4) is 0 Å². The van der Waals surface area contributed by atoms with E-state index in [1.165, 1.54) is 30.5 Å². The highest BCUT2D eigenvalue weighted by molar-refractivity contribution is 7.91. The molecule has 0 spiro atoms. The lowest BCUT2D eigenvalue weighted by atomic mass is 10.0. The van der Waals surface area contributed by atoms with Crippen LogP contribution in [-0.4, -0.2) is 34.3 Å². The van der Waals surface area contributed by atoms with Crippen molar-refractivity contribution in [3.8, 4) is 22.6 Å². The Morgan fingerprint density at radius 2 is 1.55 bits per heavy atom. The Balaban J connectivity index is 1.83. The third-order valence-corrected chi connectivity index (χ3v) is 7.09. The first-order chi connectivity index (χ1) is 15.4. The molecule has 0 aliphatic heterocycles. The number of para-hydroxylation sites is 1. The smallest absolute Gasteiger partial charge is 0.177 e. The van der Waals surface area contributed by atoms with Crippen LogP contribution in [0.4, 0.5) is 8.78 Å². The van der Waals surface area contributed by atoms with Crippen LogP contribution in [0.25, 0.3) is 22.0 Å². The third kappa shape index (κ3) is 4.71. The van der Waals surface area contributed by atoms with Gasteiger partial charge in [-0.25, -0.2) is 25.6 Å². The number of halogens is 2. The van der Waals surface area contributed by atoms with Crippen LogP contribution in [0.1, 0.15) is 0 Å². The monoisotopic (exact) mass is 489 g/mol. The van der Waals surface area contributed by atoms with E-state index in [1.54, 1.807) is 18.2 Å². The van der Waals surface area contributed by atoms with Crippen molar-refractivity contribution in [3.05, 3.63) is 78.5 Å². The van der Waals surface area contributed by atoms with Gasteiger partial charge in [-0.05, 0) is 48.0 Å². The maximum Gasteiger partial charge on any atom is 0.177 e. The quantitative estimate of drug-likeness (QED) is 0.401. The predicted molar refractivity (Wildman–Crippen MR) is 120 cm³/mol. The molecule has 3 aromatic carbocycles. The van der Waals surface area contributed by atoms with Gasteiger partial charge in [0.2, 0.25) is 0 Å². The van der Waals surface area contributed by atoms with Gasteiger partial charge >= 0.3 is 0 Å². The maximum absolute atomic E-state index is 14.8. The molecule has 10 heteroatoms. The molecule has 0 saturated heterocycles. The Kier molecular flexibility index (Phi) is 5.67. The first-order valence-corrected chi connectivity index (χ1v) is 13.3. The second-order valence-corrected chi connectivity index (χ2v) is 11.4. The zero-order chi connectivity index (χ0) is 24.0. The van der Waals surface area contributed by atoms with Gasteiger partial charge in [-0.2, -0.15) is 0 Å². The molecule has 4 rings (SSSR count). The molecule has 1 heterocycles. The lowest BCUT2D eigenvalue weighted by Crippen LogP contribution is -2.00. The summed E-state index contributed by atoms with van der Waals surface area (Å²) in [5.41, 5.74) is 0.681. The summed E-state index contributed by atoms with van der Waals surface area (Å²) in [6.07, 6.45) is 3.39. The first-order valence-electron chi connectivity index (χ1n) is 9.50. The molecule has 0 bridgehead atoms. The van der Waals surface area contributed by atoms with Crippen LogP contribution in [0.2, 0.25) is 0 Å². The third-order valence-electron chi connectivity index (χ3n) is 4.87. The van der Waals surface area contributed by atoms with Crippen molar-refractivity contribution in [2.75, 3.05) is 12.5 Å². The van der Waals surface area contributed by atoms with E-state index in [1.807, 2.05) is 0 Å². The summed E-state index contributed by atoms with van der Waals surface area (Å²) in [6, 6.07) is 13.0. The molecule has 0 aliphatic rings. The van der Waals surface area contributed by atoms with Crippen molar-refractivity contribution in [1.82, 2.24) is 4.98 Å². The number of hydrogen-bond acceptors (Lipinski definition) is 6. The standard InChI is InChI=1S/C23H17F2NO5S2/c1-32(27,28)17-11-14(24)10-16(12-17)31-15-6-7-21(25)20(13-15)18-8-9-26-23-19(18)4-3-5-22(23)33(2,29)30/h3-13H,1-2H3. The van der Waals surface area contributed by atoms with E-state index in [0.29, 0.717) is 10.9 Å². The van der Waals surface area contributed by atoms with Gasteiger partial charge in [0.1, 0.15) is 23.1 Å². The summed E-state index contributed by atoms with van der Waals surface area (Å²) < 4.78 is 82.2. The van der Waals surface area contributed by atoms with E-state index < -0.39 is 31.3 Å². The largest absolute Gasteiger partial charge is 0.457 e. The maximum atomic E-state index is 14.8. The van der Waals surface area contributed by atoms with Gasteiger partial charge < -0.3 is 4.74 Å². The van der Waals surface area contributed by atoms with E-state index in [-0.39, 0.29) is 32.4 Å². The molecular formula is C23H17F2NO5S2. The molecule has 6 nitrogen and oxygen atoms in total. The average Bonchev–Trinajstić information content (AvgIpc) is 2.72. The Morgan fingerprint density at radius 3 is 2.24 bits per heavy atom. The molecule has 1 aromatic heterocycles. The minimum atomic E-state index is -3.67. The Bertz CT molecular complexity index is 1620. The molecule has 0 aliphatic carbocycles. The van der Waals surface area contributed by atoms with Crippen LogP contribution in [-0.2, 0) is 19.7 Å². The van der Waals surface area contributed by atoms with Gasteiger partial charge in [-0.1, -0.05) is 12.1 Å². The minimum Gasteiger partial charge on any atom is -0.457 e. The molecule has 0 saturated carbocycles. The highest BCUT2D eigenvalue weighted by Crippen LogP contribution is 2.35. The Labute approximate surface area is 189 Å². The normalized spacial score (nSPS) is 12.1.